The number of imidazole rings is 1. The van der Waals surface area contributed by atoms with Gasteiger partial charge in [-0.05, 0) is 37.3 Å². The van der Waals surface area contributed by atoms with Gasteiger partial charge >= 0.3 is 5.97 Å². The minimum Gasteiger partial charge on any atom is -0.495 e. The van der Waals surface area contributed by atoms with E-state index in [4.69, 9.17) is 14.5 Å². The van der Waals surface area contributed by atoms with E-state index >= 15 is 0 Å². The molecular formula is C23H27N3O5S2. The first-order valence-electron chi connectivity index (χ1n) is 10.8. The van der Waals surface area contributed by atoms with Gasteiger partial charge < -0.3 is 9.47 Å². The van der Waals surface area contributed by atoms with Gasteiger partial charge in [0.25, 0.3) is 0 Å². The van der Waals surface area contributed by atoms with Crippen LogP contribution in [0.1, 0.15) is 27.2 Å². The van der Waals surface area contributed by atoms with Crippen molar-refractivity contribution in [2.75, 3.05) is 20.2 Å². The SMILES string of the molecule is CCN(CC)S(=O)(=O)c1ccc2c(c1)nc(S[C@@H]1C[C@@H](C)OC1=O)n2-c1ccccc1OC. The second-order valence-electron chi connectivity index (χ2n) is 7.73. The molecule has 4 rings (SSSR count). The molecule has 2 aromatic carbocycles. The van der Waals surface area contributed by atoms with Crippen LogP contribution in [0.2, 0.25) is 0 Å². The smallest absolute Gasteiger partial charge is 0.319 e. The van der Waals surface area contributed by atoms with Crippen molar-refractivity contribution in [2.45, 2.75) is 48.6 Å². The minimum atomic E-state index is -3.63. The zero-order valence-electron chi connectivity index (χ0n) is 19.0. The third-order valence-corrected chi connectivity index (χ3v) is 8.84. The van der Waals surface area contributed by atoms with E-state index in [1.807, 2.05) is 49.6 Å². The number of methoxy groups -OCH3 is 1. The predicted octanol–water partition coefficient (Wildman–Crippen LogP) is 3.86. The molecule has 0 unspecified atom stereocenters. The summed E-state index contributed by atoms with van der Waals surface area (Å²) >= 11 is 1.32. The van der Waals surface area contributed by atoms with Crippen LogP contribution >= 0.6 is 11.8 Å². The molecule has 0 amide bonds. The number of rotatable bonds is 8. The predicted molar refractivity (Wildman–Crippen MR) is 128 cm³/mol. The number of hydrogen-bond acceptors (Lipinski definition) is 7. The lowest BCUT2D eigenvalue weighted by molar-refractivity contribution is -0.140. The van der Waals surface area contributed by atoms with Gasteiger partial charge in [-0.1, -0.05) is 37.7 Å². The van der Waals surface area contributed by atoms with Gasteiger partial charge in [-0.15, -0.1) is 0 Å². The van der Waals surface area contributed by atoms with Crippen molar-refractivity contribution in [3.05, 3.63) is 42.5 Å². The fraction of sp³-hybridized carbons (Fsp3) is 0.391. The first-order valence-corrected chi connectivity index (χ1v) is 13.1. The van der Waals surface area contributed by atoms with Crippen LogP contribution in [0.5, 0.6) is 5.75 Å². The number of ether oxygens (including phenoxy) is 2. The highest BCUT2D eigenvalue weighted by Crippen LogP contribution is 2.38. The summed E-state index contributed by atoms with van der Waals surface area (Å²) in [6.45, 7) is 6.26. The van der Waals surface area contributed by atoms with Gasteiger partial charge in [-0.25, -0.2) is 13.4 Å². The summed E-state index contributed by atoms with van der Waals surface area (Å²) in [5, 5.41) is 0.187. The Balaban J connectivity index is 1.88. The standard InChI is InChI=1S/C23H27N3O5S2/c1-5-25(6-2)33(28,29)16-11-12-18-17(14-16)24-23(32-21-13-15(3)31-22(21)27)26(18)19-9-7-8-10-20(19)30-4/h7-12,14-15,21H,5-6,13H2,1-4H3/t15-,21-/m1/s1. The number of esters is 1. The van der Waals surface area contributed by atoms with Crippen molar-refractivity contribution in [2.24, 2.45) is 0 Å². The Morgan fingerprint density at radius 1 is 1.21 bits per heavy atom. The molecule has 1 saturated heterocycles. The lowest BCUT2D eigenvalue weighted by atomic mass is 10.2. The van der Waals surface area contributed by atoms with Crippen LogP contribution in [-0.4, -0.2) is 59.8 Å². The van der Waals surface area contributed by atoms with E-state index in [1.54, 1.807) is 25.3 Å². The number of benzene rings is 2. The summed E-state index contributed by atoms with van der Waals surface area (Å²) in [5.74, 6) is 0.372. The third-order valence-electron chi connectivity index (χ3n) is 5.64. The van der Waals surface area contributed by atoms with Crippen LogP contribution in [0, 0.1) is 0 Å². The van der Waals surface area contributed by atoms with Crippen LogP contribution in [0.3, 0.4) is 0 Å². The quantitative estimate of drug-likeness (QED) is 0.444. The molecule has 10 heteroatoms. The summed E-state index contributed by atoms with van der Waals surface area (Å²) in [4.78, 5) is 17.3. The first kappa shape index (κ1) is 23.6. The Kier molecular flexibility index (Phi) is 6.69. The molecule has 1 aromatic heterocycles. The fourth-order valence-corrected chi connectivity index (χ4v) is 6.69. The molecule has 0 spiro atoms. The van der Waals surface area contributed by atoms with Crippen molar-refractivity contribution in [1.82, 2.24) is 13.9 Å². The monoisotopic (exact) mass is 489 g/mol. The van der Waals surface area contributed by atoms with Crippen LogP contribution in [0.15, 0.2) is 52.5 Å². The number of aromatic nitrogens is 2. The molecule has 8 nitrogen and oxygen atoms in total. The van der Waals surface area contributed by atoms with Gasteiger partial charge in [0, 0.05) is 19.5 Å². The number of thioether (sulfide) groups is 1. The maximum absolute atomic E-state index is 13.1. The Hall–Kier alpha value is -2.56. The zero-order chi connectivity index (χ0) is 23.8. The Labute approximate surface area is 197 Å². The van der Waals surface area contributed by atoms with Gasteiger partial charge in [-0.2, -0.15) is 4.31 Å². The number of cyclic esters (lactones) is 1. The zero-order valence-corrected chi connectivity index (χ0v) is 20.6. The Morgan fingerprint density at radius 2 is 1.94 bits per heavy atom. The van der Waals surface area contributed by atoms with E-state index in [2.05, 4.69) is 0 Å². The highest BCUT2D eigenvalue weighted by Gasteiger charge is 2.34. The van der Waals surface area contributed by atoms with Crippen molar-refractivity contribution in [3.63, 3.8) is 0 Å². The molecular weight excluding hydrogens is 462 g/mol. The molecule has 0 aliphatic carbocycles. The highest BCUT2D eigenvalue weighted by atomic mass is 32.2. The molecule has 0 radical (unpaired) electrons. The molecule has 0 bridgehead atoms. The Bertz CT molecular complexity index is 1280. The van der Waals surface area contributed by atoms with E-state index in [0.717, 1.165) is 11.2 Å². The van der Waals surface area contributed by atoms with Gasteiger partial charge in [0.2, 0.25) is 10.0 Å². The largest absolute Gasteiger partial charge is 0.495 e. The molecule has 176 valence electrons. The van der Waals surface area contributed by atoms with Crippen LogP contribution < -0.4 is 4.74 Å². The molecule has 0 N–H and O–H groups in total. The number of para-hydroxylation sites is 2. The maximum atomic E-state index is 13.1. The van der Waals surface area contributed by atoms with E-state index in [0.29, 0.717) is 35.9 Å². The molecule has 0 saturated carbocycles. The Morgan fingerprint density at radius 3 is 2.58 bits per heavy atom. The lowest BCUT2D eigenvalue weighted by Crippen LogP contribution is -2.30. The summed E-state index contributed by atoms with van der Waals surface area (Å²) < 4.78 is 40.3. The molecule has 2 heterocycles. The maximum Gasteiger partial charge on any atom is 0.319 e. The second-order valence-corrected chi connectivity index (χ2v) is 10.8. The molecule has 1 aliphatic heterocycles. The van der Waals surface area contributed by atoms with Crippen LogP contribution in [0.4, 0.5) is 0 Å². The highest BCUT2D eigenvalue weighted by molar-refractivity contribution is 8.00. The normalized spacial score (nSPS) is 18.8. The van der Waals surface area contributed by atoms with Crippen LogP contribution in [-0.2, 0) is 19.6 Å². The van der Waals surface area contributed by atoms with E-state index in [1.165, 1.54) is 16.1 Å². The number of hydrogen-bond donors (Lipinski definition) is 0. The van der Waals surface area contributed by atoms with Crippen LogP contribution in [0.25, 0.3) is 16.7 Å². The summed E-state index contributed by atoms with van der Waals surface area (Å²) in [6, 6.07) is 12.5. The van der Waals surface area contributed by atoms with Crippen molar-refractivity contribution in [3.8, 4) is 11.4 Å². The number of carbonyl (C=O) groups is 1. The summed E-state index contributed by atoms with van der Waals surface area (Å²) in [5.41, 5.74) is 2.00. The number of carbonyl (C=O) groups excluding carboxylic acids is 1. The lowest BCUT2D eigenvalue weighted by Gasteiger charge is -2.18. The van der Waals surface area contributed by atoms with E-state index in [-0.39, 0.29) is 22.2 Å². The van der Waals surface area contributed by atoms with Crippen molar-refractivity contribution in [1.29, 1.82) is 0 Å². The number of nitrogens with zero attached hydrogens (tertiary/aromatic N) is 3. The van der Waals surface area contributed by atoms with Gasteiger partial charge in [0.05, 0.1) is 28.7 Å². The topological polar surface area (TPSA) is 90.7 Å². The number of fused-ring (bicyclic) bond motifs is 1. The molecule has 33 heavy (non-hydrogen) atoms. The van der Waals surface area contributed by atoms with Gasteiger partial charge in [-0.3, -0.25) is 9.36 Å². The fourth-order valence-electron chi connectivity index (χ4n) is 3.98. The van der Waals surface area contributed by atoms with Gasteiger partial charge in [0.15, 0.2) is 5.16 Å². The van der Waals surface area contributed by atoms with E-state index in [9.17, 15) is 13.2 Å². The molecule has 1 fully saturated rings. The summed E-state index contributed by atoms with van der Waals surface area (Å²) in [6.07, 6.45) is 0.435. The molecule has 2 atom stereocenters. The van der Waals surface area contributed by atoms with Crippen molar-refractivity contribution < 1.29 is 22.7 Å². The third kappa shape index (κ3) is 4.34. The van der Waals surface area contributed by atoms with E-state index < -0.39 is 10.0 Å². The first-order chi connectivity index (χ1) is 15.8. The van der Waals surface area contributed by atoms with Gasteiger partial charge in [0.1, 0.15) is 17.1 Å². The second kappa shape index (κ2) is 9.36. The average molecular weight is 490 g/mol. The minimum absolute atomic E-state index is 0.148. The average Bonchev–Trinajstić information content (AvgIpc) is 3.31. The number of sulfonamides is 1. The van der Waals surface area contributed by atoms with Crippen molar-refractivity contribution >= 4 is 38.8 Å². The molecule has 3 aromatic rings. The molecule has 1 aliphatic rings. The summed E-state index contributed by atoms with van der Waals surface area (Å²) in [7, 11) is -2.04.